The molecule has 1 atom stereocenters. The summed E-state index contributed by atoms with van der Waals surface area (Å²) in [4.78, 5) is 2.59. The number of hydrogen-bond acceptors (Lipinski definition) is 2. The van der Waals surface area contributed by atoms with Crippen LogP contribution in [0.4, 0.5) is 5.69 Å². The van der Waals surface area contributed by atoms with E-state index < -0.39 is 0 Å². The highest BCUT2D eigenvalue weighted by molar-refractivity contribution is 6.30. The van der Waals surface area contributed by atoms with Crippen LogP contribution in [-0.4, -0.2) is 18.6 Å². The Labute approximate surface area is 127 Å². The quantitative estimate of drug-likeness (QED) is 0.887. The smallest absolute Gasteiger partial charge is 0.0415 e. The molecular formula is C17H25ClN2. The van der Waals surface area contributed by atoms with Gasteiger partial charge in [0, 0.05) is 35.9 Å². The molecule has 1 aliphatic carbocycles. The third-order valence-corrected chi connectivity index (χ3v) is 4.80. The lowest BCUT2D eigenvalue weighted by molar-refractivity contribution is 0.610. The Bertz CT molecular complexity index is 456. The van der Waals surface area contributed by atoms with Crippen LogP contribution < -0.4 is 10.2 Å². The number of rotatable bonds is 4. The molecule has 3 heteroatoms. The van der Waals surface area contributed by atoms with Crippen LogP contribution in [-0.2, 0) is 6.54 Å². The number of nitrogens with one attached hydrogen (secondary N) is 1. The number of benzene rings is 1. The second kappa shape index (κ2) is 6.36. The fourth-order valence-corrected chi connectivity index (χ4v) is 3.35. The van der Waals surface area contributed by atoms with Gasteiger partial charge in [0.2, 0.25) is 0 Å². The number of anilines is 1. The fraction of sp³-hybridized carbons (Fsp3) is 0.647. The summed E-state index contributed by atoms with van der Waals surface area (Å²) in [6.07, 6.45) is 8.00. The van der Waals surface area contributed by atoms with Crippen molar-refractivity contribution in [2.24, 2.45) is 0 Å². The molecule has 1 aliphatic heterocycles. The molecule has 3 rings (SSSR count). The molecule has 0 amide bonds. The predicted octanol–water partition coefficient (Wildman–Crippen LogP) is 4.36. The maximum Gasteiger partial charge on any atom is 0.0415 e. The summed E-state index contributed by atoms with van der Waals surface area (Å²) >= 11 is 6.21. The summed E-state index contributed by atoms with van der Waals surface area (Å²) < 4.78 is 0. The molecule has 1 saturated carbocycles. The molecule has 2 aliphatic rings. The Balaban J connectivity index is 1.81. The molecule has 1 aromatic rings. The SMILES string of the molecule is CC1CCCCCN1c1ccc(Cl)cc1CNC1CC1. The van der Waals surface area contributed by atoms with E-state index in [4.69, 9.17) is 11.6 Å². The van der Waals surface area contributed by atoms with Gasteiger partial charge in [0.15, 0.2) is 0 Å². The molecule has 1 saturated heterocycles. The first-order valence-corrected chi connectivity index (χ1v) is 8.40. The van der Waals surface area contributed by atoms with Gasteiger partial charge in [0.1, 0.15) is 0 Å². The van der Waals surface area contributed by atoms with Crippen molar-refractivity contribution in [2.45, 2.75) is 64.1 Å². The molecule has 0 radical (unpaired) electrons. The molecule has 2 fully saturated rings. The summed E-state index contributed by atoms with van der Waals surface area (Å²) in [5.74, 6) is 0. The lowest BCUT2D eigenvalue weighted by atomic mass is 10.1. The van der Waals surface area contributed by atoms with Crippen LogP contribution in [0, 0.1) is 0 Å². The molecule has 20 heavy (non-hydrogen) atoms. The lowest BCUT2D eigenvalue weighted by Gasteiger charge is -2.31. The first kappa shape index (κ1) is 14.2. The zero-order chi connectivity index (χ0) is 13.9. The second-order valence-corrected chi connectivity index (χ2v) is 6.76. The zero-order valence-electron chi connectivity index (χ0n) is 12.4. The molecule has 0 spiro atoms. The van der Waals surface area contributed by atoms with Gasteiger partial charge in [-0.05, 0) is 56.4 Å². The molecule has 1 unspecified atom stereocenters. The van der Waals surface area contributed by atoms with Crippen LogP contribution in [0.15, 0.2) is 18.2 Å². The van der Waals surface area contributed by atoms with Crippen LogP contribution in [0.3, 0.4) is 0 Å². The van der Waals surface area contributed by atoms with Crippen LogP contribution in [0.2, 0.25) is 5.02 Å². The van der Waals surface area contributed by atoms with E-state index in [0.717, 1.165) is 17.6 Å². The van der Waals surface area contributed by atoms with E-state index in [1.165, 1.54) is 56.3 Å². The lowest BCUT2D eigenvalue weighted by Crippen LogP contribution is -2.33. The van der Waals surface area contributed by atoms with Crippen molar-refractivity contribution in [2.75, 3.05) is 11.4 Å². The molecular weight excluding hydrogens is 268 g/mol. The largest absolute Gasteiger partial charge is 0.369 e. The van der Waals surface area contributed by atoms with Gasteiger partial charge in [-0.2, -0.15) is 0 Å². The average molecular weight is 293 g/mol. The Morgan fingerprint density at radius 1 is 1.20 bits per heavy atom. The number of halogens is 1. The van der Waals surface area contributed by atoms with Crippen LogP contribution in [0.25, 0.3) is 0 Å². The predicted molar refractivity (Wildman–Crippen MR) is 86.6 cm³/mol. The van der Waals surface area contributed by atoms with Crippen LogP contribution >= 0.6 is 11.6 Å². The Kier molecular flexibility index (Phi) is 4.52. The van der Waals surface area contributed by atoms with Gasteiger partial charge in [-0.3, -0.25) is 0 Å². The first-order chi connectivity index (χ1) is 9.74. The van der Waals surface area contributed by atoms with Gasteiger partial charge in [-0.15, -0.1) is 0 Å². The summed E-state index contributed by atoms with van der Waals surface area (Å²) in [6, 6.07) is 7.77. The Morgan fingerprint density at radius 3 is 2.85 bits per heavy atom. The topological polar surface area (TPSA) is 15.3 Å². The zero-order valence-corrected chi connectivity index (χ0v) is 13.1. The monoisotopic (exact) mass is 292 g/mol. The van der Waals surface area contributed by atoms with Crippen molar-refractivity contribution < 1.29 is 0 Å². The highest BCUT2D eigenvalue weighted by Crippen LogP contribution is 2.30. The summed E-state index contributed by atoms with van der Waals surface area (Å²) in [5, 5.41) is 4.48. The van der Waals surface area contributed by atoms with Crippen LogP contribution in [0.1, 0.15) is 51.0 Å². The van der Waals surface area contributed by atoms with E-state index in [-0.39, 0.29) is 0 Å². The summed E-state index contributed by atoms with van der Waals surface area (Å²) in [6.45, 7) is 4.49. The van der Waals surface area contributed by atoms with Gasteiger partial charge in [-0.1, -0.05) is 24.4 Å². The number of nitrogens with zero attached hydrogens (tertiary/aromatic N) is 1. The normalized spacial score (nSPS) is 23.7. The van der Waals surface area contributed by atoms with E-state index in [9.17, 15) is 0 Å². The maximum atomic E-state index is 6.21. The van der Waals surface area contributed by atoms with E-state index >= 15 is 0 Å². The molecule has 1 aromatic carbocycles. The molecule has 1 N–H and O–H groups in total. The fourth-order valence-electron chi connectivity index (χ4n) is 3.15. The van der Waals surface area contributed by atoms with Crippen molar-refractivity contribution in [1.82, 2.24) is 5.32 Å². The minimum atomic E-state index is 0.637. The summed E-state index contributed by atoms with van der Waals surface area (Å²) in [5.41, 5.74) is 2.75. The van der Waals surface area contributed by atoms with Gasteiger partial charge in [-0.25, -0.2) is 0 Å². The van der Waals surface area contributed by atoms with Crippen LogP contribution in [0.5, 0.6) is 0 Å². The third kappa shape index (κ3) is 3.48. The second-order valence-electron chi connectivity index (χ2n) is 6.32. The number of hydrogen-bond donors (Lipinski definition) is 1. The molecule has 110 valence electrons. The molecule has 0 bridgehead atoms. The van der Waals surface area contributed by atoms with Crippen molar-refractivity contribution in [3.8, 4) is 0 Å². The van der Waals surface area contributed by atoms with Crippen molar-refractivity contribution in [3.63, 3.8) is 0 Å². The van der Waals surface area contributed by atoms with Crippen molar-refractivity contribution in [1.29, 1.82) is 0 Å². The van der Waals surface area contributed by atoms with Gasteiger partial charge in [0.05, 0.1) is 0 Å². The first-order valence-electron chi connectivity index (χ1n) is 8.02. The maximum absolute atomic E-state index is 6.21. The summed E-state index contributed by atoms with van der Waals surface area (Å²) in [7, 11) is 0. The highest BCUT2D eigenvalue weighted by Gasteiger charge is 2.23. The average Bonchev–Trinajstić information content (AvgIpc) is 3.25. The Morgan fingerprint density at radius 2 is 2.05 bits per heavy atom. The van der Waals surface area contributed by atoms with Crippen molar-refractivity contribution >= 4 is 17.3 Å². The Hall–Kier alpha value is -0.730. The van der Waals surface area contributed by atoms with Gasteiger partial charge < -0.3 is 10.2 Å². The minimum Gasteiger partial charge on any atom is -0.369 e. The molecule has 2 nitrogen and oxygen atoms in total. The van der Waals surface area contributed by atoms with Crippen molar-refractivity contribution in [3.05, 3.63) is 28.8 Å². The molecule has 0 aromatic heterocycles. The van der Waals surface area contributed by atoms with E-state index in [1.54, 1.807) is 0 Å². The van der Waals surface area contributed by atoms with Gasteiger partial charge >= 0.3 is 0 Å². The van der Waals surface area contributed by atoms with E-state index in [0.29, 0.717) is 6.04 Å². The standard InChI is InChI=1S/C17H25ClN2/c1-13-5-3-2-4-10-20(13)17-9-6-15(18)11-14(17)12-19-16-7-8-16/h6,9,11,13,16,19H,2-5,7-8,10,12H2,1H3. The van der Waals surface area contributed by atoms with E-state index in [2.05, 4.69) is 29.3 Å². The molecule has 1 heterocycles. The van der Waals surface area contributed by atoms with Gasteiger partial charge in [0.25, 0.3) is 0 Å². The van der Waals surface area contributed by atoms with E-state index in [1.807, 2.05) is 6.07 Å². The third-order valence-electron chi connectivity index (χ3n) is 4.56. The highest BCUT2D eigenvalue weighted by atomic mass is 35.5. The minimum absolute atomic E-state index is 0.637.